The molecule has 114 valence electrons. The molecular formula is C19H20BrNS. The average Bonchev–Trinajstić information content (AvgIpc) is 2.86. The first kappa shape index (κ1) is 15.7. The Morgan fingerprint density at radius 1 is 1.00 bits per heavy atom. The van der Waals surface area contributed by atoms with Gasteiger partial charge in [0.25, 0.3) is 0 Å². The number of aromatic nitrogens is 1. The Morgan fingerprint density at radius 3 is 2.41 bits per heavy atom. The fraction of sp³-hybridized carbons (Fsp3) is 0.263. The third kappa shape index (κ3) is 3.41. The number of para-hydroxylation sites is 1. The molecule has 1 heterocycles. The molecule has 0 fully saturated rings. The number of hydrogen-bond donors (Lipinski definition) is 0. The summed E-state index contributed by atoms with van der Waals surface area (Å²) in [6.07, 6.45) is 0. The third-order valence-electron chi connectivity index (χ3n) is 3.69. The molecule has 0 amide bonds. The quantitative estimate of drug-likeness (QED) is 0.481. The minimum atomic E-state index is 0.216. The molecular weight excluding hydrogens is 354 g/mol. The van der Waals surface area contributed by atoms with Gasteiger partial charge in [-0.25, -0.2) is 0 Å². The maximum atomic E-state index is 3.65. The van der Waals surface area contributed by atoms with Crippen molar-refractivity contribution in [2.24, 2.45) is 5.41 Å². The maximum Gasteiger partial charge on any atom is 0.0807 e. The Morgan fingerprint density at radius 2 is 1.68 bits per heavy atom. The van der Waals surface area contributed by atoms with Crippen molar-refractivity contribution in [2.75, 3.05) is 5.33 Å². The van der Waals surface area contributed by atoms with Crippen LogP contribution in [0.2, 0.25) is 0 Å². The van der Waals surface area contributed by atoms with Crippen LogP contribution in [0.25, 0.3) is 10.9 Å². The third-order valence-corrected chi connectivity index (χ3v) is 6.26. The summed E-state index contributed by atoms with van der Waals surface area (Å²) in [6.45, 7) is 5.60. The molecule has 0 saturated carbocycles. The first-order valence-electron chi connectivity index (χ1n) is 7.46. The average molecular weight is 374 g/mol. The molecule has 0 aliphatic carbocycles. The fourth-order valence-corrected chi connectivity index (χ4v) is 3.68. The van der Waals surface area contributed by atoms with E-state index in [1.165, 1.54) is 20.8 Å². The van der Waals surface area contributed by atoms with Gasteiger partial charge >= 0.3 is 0 Å². The van der Waals surface area contributed by atoms with Crippen LogP contribution < -0.4 is 0 Å². The Bertz CT molecular complexity index is 761. The Kier molecular flexibility index (Phi) is 4.65. The molecule has 1 nitrogen and oxygen atoms in total. The van der Waals surface area contributed by atoms with Crippen LogP contribution in [0.15, 0.2) is 70.6 Å². The number of hydrogen-bond acceptors (Lipinski definition) is 1. The van der Waals surface area contributed by atoms with Crippen LogP contribution in [-0.4, -0.2) is 9.90 Å². The summed E-state index contributed by atoms with van der Waals surface area (Å²) in [7, 11) is 0. The minimum absolute atomic E-state index is 0.216. The number of nitrogens with zero attached hydrogens (tertiary/aromatic N) is 1. The highest BCUT2D eigenvalue weighted by atomic mass is 79.9. The molecule has 0 unspecified atom stereocenters. The summed E-state index contributed by atoms with van der Waals surface area (Å²) < 4.78 is 2.45. The highest BCUT2D eigenvalue weighted by Gasteiger charge is 2.20. The van der Waals surface area contributed by atoms with Gasteiger partial charge < -0.3 is 4.57 Å². The smallest absolute Gasteiger partial charge is 0.0807 e. The fourth-order valence-electron chi connectivity index (χ4n) is 2.51. The Labute approximate surface area is 144 Å². The molecule has 3 aromatic rings. The van der Waals surface area contributed by atoms with Gasteiger partial charge in [-0.15, -0.1) is 0 Å². The van der Waals surface area contributed by atoms with E-state index in [1.807, 2.05) is 11.8 Å². The number of rotatable bonds is 5. The Balaban J connectivity index is 2.04. The summed E-state index contributed by atoms with van der Waals surface area (Å²) in [6, 6.07) is 21.5. The lowest BCUT2D eigenvalue weighted by atomic mass is 9.97. The van der Waals surface area contributed by atoms with Gasteiger partial charge in [0.2, 0.25) is 0 Å². The van der Waals surface area contributed by atoms with E-state index in [0.717, 1.165) is 11.9 Å². The summed E-state index contributed by atoms with van der Waals surface area (Å²) in [5.41, 5.74) is 1.53. The second-order valence-corrected chi connectivity index (χ2v) is 8.00. The van der Waals surface area contributed by atoms with Crippen molar-refractivity contribution in [3.63, 3.8) is 0 Å². The number of benzene rings is 2. The molecule has 3 heteroatoms. The molecule has 0 spiro atoms. The van der Waals surface area contributed by atoms with Crippen LogP contribution in [0.1, 0.15) is 13.8 Å². The van der Waals surface area contributed by atoms with Crippen molar-refractivity contribution in [1.29, 1.82) is 0 Å². The zero-order valence-electron chi connectivity index (χ0n) is 12.9. The van der Waals surface area contributed by atoms with Crippen molar-refractivity contribution in [3.05, 3.63) is 60.7 Å². The van der Waals surface area contributed by atoms with Gasteiger partial charge in [-0.3, -0.25) is 0 Å². The van der Waals surface area contributed by atoms with Crippen LogP contribution in [0.3, 0.4) is 0 Å². The van der Waals surface area contributed by atoms with E-state index < -0.39 is 0 Å². The van der Waals surface area contributed by atoms with E-state index >= 15 is 0 Å². The normalized spacial score (nSPS) is 12.0. The van der Waals surface area contributed by atoms with E-state index in [9.17, 15) is 0 Å². The van der Waals surface area contributed by atoms with Gasteiger partial charge in [0.1, 0.15) is 0 Å². The summed E-state index contributed by atoms with van der Waals surface area (Å²) >= 11 is 5.49. The second kappa shape index (κ2) is 6.51. The molecule has 0 N–H and O–H groups in total. The molecule has 1 aromatic heterocycles. The van der Waals surface area contributed by atoms with Crippen molar-refractivity contribution < 1.29 is 0 Å². The Hall–Kier alpha value is -1.19. The monoisotopic (exact) mass is 373 g/mol. The van der Waals surface area contributed by atoms with E-state index in [2.05, 4.69) is 95.0 Å². The summed E-state index contributed by atoms with van der Waals surface area (Å²) in [5, 5.41) is 3.61. The topological polar surface area (TPSA) is 4.93 Å². The summed E-state index contributed by atoms with van der Waals surface area (Å²) in [4.78, 5) is 1.28. The van der Waals surface area contributed by atoms with Crippen LogP contribution in [-0.2, 0) is 6.54 Å². The number of fused-ring (bicyclic) bond motifs is 1. The van der Waals surface area contributed by atoms with Crippen molar-refractivity contribution >= 4 is 38.6 Å². The molecule has 0 radical (unpaired) electrons. The predicted octanol–water partition coefficient (Wildman–Crippen LogP) is 6.21. The lowest BCUT2D eigenvalue weighted by Crippen LogP contribution is -2.21. The molecule has 0 aliphatic rings. The van der Waals surface area contributed by atoms with E-state index in [0.29, 0.717) is 0 Å². The van der Waals surface area contributed by atoms with Crippen molar-refractivity contribution in [1.82, 2.24) is 4.57 Å². The zero-order valence-corrected chi connectivity index (χ0v) is 15.3. The van der Waals surface area contributed by atoms with Crippen LogP contribution >= 0.6 is 27.7 Å². The van der Waals surface area contributed by atoms with Crippen molar-refractivity contribution in [2.45, 2.75) is 30.3 Å². The first-order valence-corrected chi connectivity index (χ1v) is 9.40. The van der Waals surface area contributed by atoms with Crippen LogP contribution in [0, 0.1) is 5.41 Å². The molecule has 2 aromatic carbocycles. The predicted molar refractivity (Wildman–Crippen MR) is 100 cm³/mol. The maximum absolute atomic E-state index is 3.65. The van der Waals surface area contributed by atoms with E-state index in [1.54, 1.807) is 0 Å². The highest BCUT2D eigenvalue weighted by molar-refractivity contribution is 9.09. The minimum Gasteiger partial charge on any atom is -0.335 e. The molecule has 0 bridgehead atoms. The van der Waals surface area contributed by atoms with Gasteiger partial charge in [-0.05, 0) is 29.7 Å². The number of halogens is 1. The molecule has 0 atom stereocenters. The summed E-state index contributed by atoms with van der Waals surface area (Å²) in [5.74, 6) is 0. The van der Waals surface area contributed by atoms with Gasteiger partial charge in [-0.1, -0.05) is 77.9 Å². The van der Waals surface area contributed by atoms with Gasteiger partial charge in [0.15, 0.2) is 0 Å². The SMILES string of the molecule is CC(C)(CBr)Cn1c(Sc2ccccc2)cc2ccccc21. The first-order chi connectivity index (χ1) is 10.6. The largest absolute Gasteiger partial charge is 0.335 e. The van der Waals surface area contributed by atoms with Crippen molar-refractivity contribution in [3.8, 4) is 0 Å². The highest BCUT2D eigenvalue weighted by Crippen LogP contribution is 2.35. The second-order valence-electron chi connectivity index (χ2n) is 6.34. The van der Waals surface area contributed by atoms with E-state index in [4.69, 9.17) is 0 Å². The molecule has 3 rings (SSSR count). The van der Waals surface area contributed by atoms with Crippen LogP contribution in [0.5, 0.6) is 0 Å². The van der Waals surface area contributed by atoms with Gasteiger partial charge in [0, 0.05) is 27.7 Å². The lowest BCUT2D eigenvalue weighted by molar-refractivity contribution is 0.350. The molecule has 0 aliphatic heterocycles. The number of alkyl halides is 1. The van der Waals surface area contributed by atoms with Crippen LogP contribution in [0.4, 0.5) is 0 Å². The molecule has 0 saturated heterocycles. The zero-order chi connectivity index (χ0) is 15.6. The van der Waals surface area contributed by atoms with Gasteiger partial charge in [-0.2, -0.15) is 0 Å². The molecule has 22 heavy (non-hydrogen) atoms. The standard InChI is InChI=1S/C19H20BrNS/c1-19(2,13-20)14-21-17-11-7-6-8-15(17)12-18(21)22-16-9-4-3-5-10-16/h3-12H,13-14H2,1-2H3. The lowest BCUT2D eigenvalue weighted by Gasteiger charge is -2.24. The van der Waals surface area contributed by atoms with Gasteiger partial charge in [0.05, 0.1) is 5.03 Å². The van der Waals surface area contributed by atoms with E-state index in [-0.39, 0.29) is 5.41 Å².